The van der Waals surface area contributed by atoms with Crippen molar-refractivity contribution in [3.05, 3.63) is 35.4 Å². The lowest BCUT2D eigenvalue weighted by atomic mass is 9.77. The summed E-state index contributed by atoms with van der Waals surface area (Å²) in [5.41, 5.74) is 7.82. The zero-order chi connectivity index (χ0) is 15.2. The van der Waals surface area contributed by atoms with E-state index in [0.717, 1.165) is 12.0 Å². The summed E-state index contributed by atoms with van der Waals surface area (Å²) >= 11 is 0. The predicted octanol–water partition coefficient (Wildman–Crippen LogP) is 0.938. The second-order valence-corrected chi connectivity index (χ2v) is 5.11. The number of hydrogen-bond acceptors (Lipinski definition) is 4. The van der Waals surface area contributed by atoms with Crippen LogP contribution in [0.5, 0.6) is 0 Å². The van der Waals surface area contributed by atoms with Gasteiger partial charge in [-0.2, -0.15) is 0 Å². The average Bonchev–Trinajstić information content (AvgIpc) is 2.48. The first-order valence-corrected chi connectivity index (χ1v) is 6.99. The predicted molar refractivity (Wildman–Crippen MR) is 79.4 cm³/mol. The van der Waals surface area contributed by atoms with Crippen molar-refractivity contribution >= 4 is 11.7 Å². The SMILES string of the molecule is COCCN(CCC(N)=NO)C(=O)C1Cc2ccccc21. The van der Waals surface area contributed by atoms with Gasteiger partial charge in [-0.1, -0.05) is 29.4 Å². The van der Waals surface area contributed by atoms with E-state index < -0.39 is 0 Å². The minimum Gasteiger partial charge on any atom is -0.409 e. The Morgan fingerprint density at radius 2 is 2.24 bits per heavy atom. The number of rotatable bonds is 7. The molecule has 1 aromatic carbocycles. The van der Waals surface area contributed by atoms with Crippen LogP contribution in [0, 0.1) is 0 Å². The first kappa shape index (κ1) is 15.3. The summed E-state index contributed by atoms with van der Waals surface area (Å²) in [4.78, 5) is 14.3. The second-order valence-electron chi connectivity index (χ2n) is 5.11. The van der Waals surface area contributed by atoms with Crippen molar-refractivity contribution in [2.75, 3.05) is 26.8 Å². The number of amidine groups is 1. The smallest absolute Gasteiger partial charge is 0.230 e. The quantitative estimate of drug-likeness (QED) is 0.339. The number of methoxy groups -OCH3 is 1. The van der Waals surface area contributed by atoms with Crippen LogP contribution in [0.1, 0.15) is 23.5 Å². The van der Waals surface area contributed by atoms with Gasteiger partial charge in [-0.25, -0.2) is 0 Å². The summed E-state index contributed by atoms with van der Waals surface area (Å²) < 4.78 is 5.05. The molecule has 6 nitrogen and oxygen atoms in total. The Kier molecular flexibility index (Phi) is 5.16. The molecule has 6 heteroatoms. The van der Waals surface area contributed by atoms with Gasteiger partial charge in [0.05, 0.1) is 12.5 Å². The van der Waals surface area contributed by atoms with Gasteiger partial charge >= 0.3 is 0 Å². The van der Waals surface area contributed by atoms with Gasteiger partial charge < -0.3 is 20.6 Å². The van der Waals surface area contributed by atoms with E-state index in [1.54, 1.807) is 12.0 Å². The number of carbonyl (C=O) groups excluding carboxylic acids is 1. The van der Waals surface area contributed by atoms with Gasteiger partial charge in [0.1, 0.15) is 5.84 Å². The number of amides is 1. The maximum absolute atomic E-state index is 12.6. The van der Waals surface area contributed by atoms with Crippen LogP contribution in [-0.4, -0.2) is 48.7 Å². The summed E-state index contributed by atoms with van der Waals surface area (Å²) in [5.74, 6) is 0.126. The van der Waals surface area contributed by atoms with Gasteiger partial charge in [-0.3, -0.25) is 4.79 Å². The highest BCUT2D eigenvalue weighted by Gasteiger charge is 2.34. The normalized spacial score (nSPS) is 17.0. The molecule has 0 spiro atoms. The van der Waals surface area contributed by atoms with E-state index in [9.17, 15) is 4.79 Å². The van der Waals surface area contributed by atoms with Crippen molar-refractivity contribution in [3.8, 4) is 0 Å². The first-order chi connectivity index (χ1) is 10.2. The van der Waals surface area contributed by atoms with Crippen LogP contribution in [-0.2, 0) is 16.0 Å². The Hall–Kier alpha value is -2.08. The molecular formula is C15H21N3O3. The standard InChI is InChI=1S/C15H21N3O3/c1-21-9-8-18(7-6-14(16)17-20)15(19)13-10-11-4-2-3-5-12(11)13/h2-5,13,20H,6-10H2,1H3,(H2,16,17). The third-order valence-electron chi connectivity index (χ3n) is 3.80. The molecule has 0 bridgehead atoms. The molecule has 0 fully saturated rings. The molecule has 1 aromatic rings. The summed E-state index contributed by atoms with van der Waals surface area (Å²) in [5, 5.41) is 11.5. The number of oxime groups is 1. The molecule has 0 radical (unpaired) electrons. The highest BCUT2D eigenvalue weighted by molar-refractivity contribution is 5.87. The average molecular weight is 291 g/mol. The van der Waals surface area contributed by atoms with Gasteiger partial charge in [0, 0.05) is 26.6 Å². The molecule has 0 aliphatic heterocycles. The molecule has 1 unspecified atom stereocenters. The van der Waals surface area contributed by atoms with Crippen molar-refractivity contribution in [1.82, 2.24) is 4.90 Å². The van der Waals surface area contributed by atoms with Crippen molar-refractivity contribution < 1.29 is 14.7 Å². The number of nitrogens with two attached hydrogens (primary N) is 1. The summed E-state index contributed by atoms with van der Waals surface area (Å²) in [6.45, 7) is 1.40. The zero-order valence-corrected chi connectivity index (χ0v) is 12.2. The molecule has 1 aliphatic rings. The molecule has 21 heavy (non-hydrogen) atoms. The first-order valence-electron chi connectivity index (χ1n) is 6.99. The topological polar surface area (TPSA) is 88.2 Å². The lowest BCUT2D eigenvalue weighted by Crippen LogP contribution is -2.42. The number of carbonyl (C=O) groups is 1. The van der Waals surface area contributed by atoms with Gasteiger partial charge in [-0.15, -0.1) is 0 Å². The summed E-state index contributed by atoms with van der Waals surface area (Å²) in [6, 6.07) is 7.99. The summed E-state index contributed by atoms with van der Waals surface area (Å²) in [7, 11) is 1.60. The van der Waals surface area contributed by atoms with Gasteiger partial charge in [-0.05, 0) is 17.5 Å². The van der Waals surface area contributed by atoms with Gasteiger partial charge in [0.25, 0.3) is 0 Å². The van der Waals surface area contributed by atoms with E-state index >= 15 is 0 Å². The minimum absolute atomic E-state index is 0.0784. The summed E-state index contributed by atoms with van der Waals surface area (Å²) in [6.07, 6.45) is 1.13. The van der Waals surface area contributed by atoms with Crippen molar-refractivity contribution in [1.29, 1.82) is 0 Å². The van der Waals surface area contributed by atoms with E-state index in [4.69, 9.17) is 15.7 Å². The van der Waals surface area contributed by atoms with Gasteiger partial charge in [0.15, 0.2) is 0 Å². The maximum atomic E-state index is 12.6. The Morgan fingerprint density at radius 1 is 1.48 bits per heavy atom. The number of fused-ring (bicyclic) bond motifs is 1. The Balaban J connectivity index is 2.01. The molecule has 1 amide bonds. The van der Waals surface area contributed by atoms with Crippen LogP contribution < -0.4 is 5.73 Å². The van der Waals surface area contributed by atoms with E-state index in [2.05, 4.69) is 11.2 Å². The molecule has 3 N–H and O–H groups in total. The third kappa shape index (κ3) is 3.52. The van der Waals surface area contributed by atoms with Crippen LogP contribution in [0.4, 0.5) is 0 Å². The van der Waals surface area contributed by atoms with Crippen LogP contribution in [0.25, 0.3) is 0 Å². The Morgan fingerprint density at radius 3 is 2.90 bits per heavy atom. The third-order valence-corrected chi connectivity index (χ3v) is 3.80. The largest absolute Gasteiger partial charge is 0.409 e. The van der Waals surface area contributed by atoms with Crippen LogP contribution in [0.15, 0.2) is 29.4 Å². The van der Waals surface area contributed by atoms with Crippen molar-refractivity contribution in [3.63, 3.8) is 0 Å². The molecule has 0 aromatic heterocycles. The Bertz CT molecular complexity index is 531. The fourth-order valence-corrected chi connectivity index (χ4v) is 2.53. The fraction of sp³-hybridized carbons (Fsp3) is 0.467. The van der Waals surface area contributed by atoms with Crippen molar-refractivity contribution in [2.45, 2.75) is 18.8 Å². The highest BCUT2D eigenvalue weighted by Crippen LogP contribution is 2.36. The molecule has 1 atom stereocenters. The molecular weight excluding hydrogens is 270 g/mol. The molecule has 1 aliphatic carbocycles. The molecule has 0 saturated heterocycles. The van der Waals surface area contributed by atoms with Crippen LogP contribution in [0.3, 0.4) is 0 Å². The van der Waals surface area contributed by atoms with Crippen molar-refractivity contribution in [2.24, 2.45) is 10.9 Å². The van der Waals surface area contributed by atoms with E-state index in [1.165, 1.54) is 5.56 Å². The monoisotopic (exact) mass is 291 g/mol. The number of nitrogens with zero attached hydrogens (tertiary/aromatic N) is 2. The maximum Gasteiger partial charge on any atom is 0.230 e. The lowest BCUT2D eigenvalue weighted by Gasteiger charge is -2.34. The molecule has 2 rings (SSSR count). The molecule has 114 valence electrons. The lowest BCUT2D eigenvalue weighted by molar-refractivity contribution is -0.134. The number of hydrogen-bond donors (Lipinski definition) is 2. The zero-order valence-electron chi connectivity index (χ0n) is 12.2. The molecule has 0 saturated carbocycles. The fourth-order valence-electron chi connectivity index (χ4n) is 2.53. The molecule has 0 heterocycles. The van der Waals surface area contributed by atoms with Gasteiger partial charge in [0.2, 0.25) is 5.91 Å². The van der Waals surface area contributed by atoms with Crippen LogP contribution >= 0.6 is 0 Å². The number of ether oxygens (including phenoxy) is 1. The highest BCUT2D eigenvalue weighted by atomic mass is 16.5. The van der Waals surface area contributed by atoms with E-state index in [0.29, 0.717) is 26.1 Å². The minimum atomic E-state index is -0.0784. The van der Waals surface area contributed by atoms with E-state index in [-0.39, 0.29) is 17.7 Å². The van der Waals surface area contributed by atoms with E-state index in [1.807, 2.05) is 18.2 Å². The second kappa shape index (κ2) is 7.08. The number of benzene rings is 1. The Labute approximate surface area is 124 Å². The van der Waals surface area contributed by atoms with Crippen LogP contribution in [0.2, 0.25) is 0 Å².